The summed E-state index contributed by atoms with van der Waals surface area (Å²) < 4.78 is 19.5. The van der Waals surface area contributed by atoms with Gasteiger partial charge < -0.3 is 15.4 Å². The lowest BCUT2D eigenvalue weighted by Crippen LogP contribution is -2.10. The van der Waals surface area contributed by atoms with Crippen LogP contribution in [0.25, 0.3) is 0 Å². The van der Waals surface area contributed by atoms with Gasteiger partial charge in [-0.15, -0.1) is 0 Å². The first-order valence-electron chi connectivity index (χ1n) is 8.33. The molecule has 2 N–H and O–H groups in total. The van der Waals surface area contributed by atoms with Crippen LogP contribution in [0.4, 0.5) is 15.8 Å². The average molecular weight is 385 g/mol. The molecule has 3 aromatic rings. The van der Waals surface area contributed by atoms with Gasteiger partial charge in [-0.1, -0.05) is 29.8 Å². The van der Waals surface area contributed by atoms with Crippen molar-refractivity contribution < 1.29 is 13.9 Å². The highest BCUT2D eigenvalue weighted by Gasteiger charge is 2.09. The van der Waals surface area contributed by atoms with E-state index < -0.39 is 5.82 Å². The smallest absolute Gasteiger partial charge is 0.221 e. The van der Waals surface area contributed by atoms with Crippen LogP contribution in [-0.2, 0) is 11.3 Å². The Morgan fingerprint density at radius 1 is 1.04 bits per heavy atom. The minimum atomic E-state index is -0.400. The third-order valence-corrected chi connectivity index (χ3v) is 4.03. The molecule has 138 valence electrons. The lowest BCUT2D eigenvalue weighted by Gasteiger charge is -2.15. The number of hydrogen-bond acceptors (Lipinski definition) is 3. The van der Waals surface area contributed by atoms with E-state index in [-0.39, 0.29) is 5.91 Å². The van der Waals surface area contributed by atoms with E-state index in [0.717, 1.165) is 11.3 Å². The number of nitrogens with one attached hydrogen (secondary N) is 2. The fraction of sp³-hybridized carbons (Fsp3) is 0.0952. The van der Waals surface area contributed by atoms with E-state index >= 15 is 0 Å². The maximum atomic E-state index is 13.7. The molecule has 0 aromatic heterocycles. The van der Waals surface area contributed by atoms with Crippen molar-refractivity contribution in [3.05, 3.63) is 83.1 Å². The number of para-hydroxylation sites is 1. The molecule has 0 saturated carbocycles. The highest BCUT2D eigenvalue weighted by Crippen LogP contribution is 2.31. The molecule has 3 aromatic carbocycles. The van der Waals surface area contributed by atoms with Crippen LogP contribution in [0.3, 0.4) is 0 Å². The Kier molecular flexibility index (Phi) is 5.94. The number of rotatable bonds is 6. The van der Waals surface area contributed by atoms with E-state index in [4.69, 9.17) is 16.3 Å². The summed E-state index contributed by atoms with van der Waals surface area (Å²) in [7, 11) is 0. The van der Waals surface area contributed by atoms with Gasteiger partial charge >= 0.3 is 0 Å². The van der Waals surface area contributed by atoms with Crippen LogP contribution in [0.2, 0.25) is 5.02 Å². The molecule has 0 aliphatic heterocycles. The van der Waals surface area contributed by atoms with E-state index in [0.29, 0.717) is 28.8 Å². The summed E-state index contributed by atoms with van der Waals surface area (Å²) in [4.78, 5) is 11.4. The van der Waals surface area contributed by atoms with Crippen molar-refractivity contribution in [2.45, 2.75) is 13.5 Å². The third kappa shape index (κ3) is 5.21. The Morgan fingerprint density at radius 2 is 1.78 bits per heavy atom. The highest BCUT2D eigenvalue weighted by molar-refractivity contribution is 6.30. The van der Waals surface area contributed by atoms with E-state index in [9.17, 15) is 9.18 Å². The van der Waals surface area contributed by atoms with Gasteiger partial charge in [0.05, 0.1) is 5.69 Å². The summed E-state index contributed by atoms with van der Waals surface area (Å²) in [6.07, 6.45) is 0. The van der Waals surface area contributed by atoms with Gasteiger partial charge in [0.25, 0.3) is 0 Å². The summed E-state index contributed by atoms with van der Waals surface area (Å²) in [6, 6.07) is 18.6. The van der Waals surface area contributed by atoms with Crippen molar-refractivity contribution in [1.82, 2.24) is 0 Å². The molecule has 27 heavy (non-hydrogen) atoms. The summed E-state index contributed by atoms with van der Waals surface area (Å²) >= 11 is 5.88. The molecule has 3 rings (SSSR count). The molecule has 0 aliphatic rings. The van der Waals surface area contributed by atoms with Gasteiger partial charge in [0.15, 0.2) is 5.75 Å². The topological polar surface area (TPSA) is 50.4 Å². The minimum Gasteiger partial charge on any atom is -0.455 e. The Balaban J connectivity index is 1.79. The first-order valence-corrected chi connectivity index (χ1v) is 8.71. The van der Waals surface area contributed by atoms with Crippen LogP contribution < -0.4 is 15.4 Å². The van der Waals surface area contributed by atoms with Crippen LogP contribution in [0.1, 0.15) is 12.5 Å². The second-order valence-corrected chi connectivity index (χ2v) is 6.32. The minimum absolute atomic E-state index is 0.143. The number of carbonyl (C=O) groups is 1. The van der Waals surface area contributed by atoms with Crippen LogP contribution >= 0.6 is 11.6 Å². The van der Waals surface area contributed by atoms with E-state index in [1.807, 2.05) is 24.3 Å². The first-order chi connectivity index (χ1) is 13.0. The van der Waals surface area contributed by atoms with E-state index in [1.54, 1.807) is 30.3 Å². The van der Waals surface area contributed by atoms with E-state index in [2.05, 4.69) is 10.6 Å². The van der Waals surface area contributed by atoms with Gasteiger partial charge in [-0.3, -0.25) is 4.79 Å². The number of benzene rings is 3. The quantitative estimate of drug-likeness (QED) is 0.561. The zero-order chi connectivity index (χ0) is 19.2. The van der Waals surface area contributed by atoms with Crippen molar-refractivity contribution in [3.8, 4) is 11.5 Å². The average Bonchev–Trinajstić information content (AvgIpc) is 2.64. The van der Waals surface area contributed by atoms with Crippen LogP contribution in [0.5, 0.6) is 11.5 Å². The van der Waals surface area contributed by atoms with Gasteiger partial charge in [-0.25, -0.2) is 4.39 Å². The number of hydrogen-bond donors (Lipinski definition) is 2. The SMILES string of the molecule is CC(=O)Nc1ccccc1CNc1ccc(F)cc1Oc1ccc(Cl)cc1. The molecule has 0 spiro atoms. The summed E-state index contributed by atoms with van der Waals surface area (Å²) in [5.74, 6) is 0.361. The standard InChI is InChI=1S/C21H18ClFN2O2/c1-14(26)25-19-5-3-2-4-15(19)13-24-20-11-8-17(23)12-21(20)27-18-9-6-16(22)7-10-18/h2-12,24H,13H2,1H3,(H,25,26). The van der Waals surface area contributed by atoms with Gasteiger partial charge in [0.2, 0.25) is 5.91 Å². The second kappa shape index (κ2) is 8.56. The molecule has 0 bridgehead atoms. The molecule has 1 amide bonds. The predicted molar refractivity (Wildman–Crippen MR) is 106 cm³/mol. The van der Waals surface area contributed by atoms with Crippen LogP contribution in [0, 0.1) is 5.82 Å². The monoisotopic (exact) mass is 384 g/mol. The zero-order valence-electron chi connectivity index (χ0n) is 14.6. The van der Waals surface area contributed by atoms with Gasteiger partial charge in [-0.2, -0.15) is 0 Å². The summed E-state index contributed by atoms with van der Waals surface area (Å²) in [5.41, 5.74) is 2.25. The van der Waals surface area contributed by atoms with Gasteiger partial charge in [-0.05, 0) is 48.0 Å². The van der Waals surface area contributed by atoms with Crippen LogP contribution in [-0.4, -0.2) is 5.91 Å². The second-order valence-electron chi connectivity index (χ2n) is 5.89. The molecule has 0 aliphatic carbocycles. The molecule has 6 heteroatoms. The Hall–Kier alpha value is -3.05. The molecule has 0 radical (unpaired) electrons. The number of carbonyl (C=O) groups excluding carboxylic acids is 1. The molecule has 0 atom stereocenters. The van der Waals surface area contributed by atoms with Crippen molar-refractivity contribution in [2.75, 3.05) is 10.6 Å². The summed E-state index contributed by atoms with van der Waals surface area (Å²) in [6.45, 7) is 1.89. The molecule has 0 heterocycles. The van der Waals surface area contributed by atoms with Gasteiger partial charge in [0, 0.05) is 30.2 Å². The number of halogens is 2. The zero-order valence-corrected chi connectivity index (χ0v) is 15.4. The molecule has 0 unspecified atom stereocenters. The third-order valence-electron chi connectivity index (χ3n) is 3.78. The molecular formula is C21H18ClFN2O2. The fourth-order valence-corrected chi connectivity index (χ4v) is 2.66. The van der Waals surface area contributed by atoms with E-state index in [1.165, 1.54) is 19.1 Å². The molecular weight excluding hydrogens is 367 g/mol. The van der Waals surface area contributed by atoms with Crippen molar-refractivity contribution in [1.29, 1.82) is 0 Å². The fourth-order valence-electron chi connectivity index (χ4n) is 2.53. The van der Waals surface area contributed by atoms with Crippen molar-refractivity contribution in [2.24, 2.45) is 0 Å². The normalized spacial score (nSPS) is 10.3. The van der Waals surface area contributed by atoms with Crippen LogP contribution in [0.15, 0.2) is 66.7 Å². The Morgan fingerprint density at radius 3 is 2.52 bits per heavy atom. The largest absolute Gasteiger partial charge is 0.455 e. The van der Waals surface area contributed by atoms with Crippen molar-refractivity contribution in [3.63, 3.8) is 0 Å². The maximum absolute atomic E-state index is 13.7. The maximum Gasteiger partial charge on any atom is 0.221 e. The number of amides is 1. The molecule has 0 fully saturated rings. The van der Waals surface area contributed by atoms with Gasteiger partial charge in [0.1, 0.15) is 11.6 Å². The lowest BCUT2D eigenvalue weighted by atomic mass is 10.1. The Labute approximate surface area is 161 Å². The summed E-state index contributed by atoms with van der Waals surface area (Å²) in [5, 5.41) is 6.62. The Bertz CT molecular complexity index is 945. The number of ether oxygens (including phenoxy) is 1. The lowest BCUT2D eigenvalue weighted by molar-refractivity contribution is -0.114. The predicted octanol–water partition coefficient (Wildman–Crippen LogP) is 5.84. The number of anilines is 2. The highest BCUT2D eigenvalue weighted by atomic mass is 35.5. The van der Waals surface area contributed by atoms with Crippen molar-refractivity contribution >= 4 is 28.9 Å². The first kappa shape index (κ1) is 18.7. The molecule has 4 nitrogen and oxygen atoms in total. The molecule has 0 saturated heterocycles.